The van der Waals surface area contributed by atoms with Gasteiger partial charge in [-0.3, -0.25) is 4.79 Å². The number of amides is 1. The summed E-state index contributed by atoms with van der Waals surface area (Å²) < 4.78 is 0. The molecule has 1 saturated heterocycles. The molecule has 1 heterocycles. The average Bonchev–Trinajstić information content (AvgIpc) is 2.63. The van der Waals surface area contributed by atoms with Crippen molar-refractivity contribution < 1.29 is 4.79 Å². The molecule has 0 aliphatic carbocycles. The van der Waals surface area contributed by atoms with Gasteiger partial charge in [0.25, 0.3) is 0 Å². The largest absolute Gasteiger partial charge is 0.368 e. The zero-order valence-electron chi connectivity index (χ0n) is 12.9. The fourth-order valence-electron chi connectivity index (χ4n) is 3.00. The van der Waals surface area contributed by atoms with E-state index >= 15 is 0 Å². The third-order valence-corrected chi connectivity index (χ3v) is 4.69. The van der Waals surface area contributed by atoms with Crippen molar-refractivity contribution in [2.45, 2.75) is 70.4 Å². The fraction of sp³-hybridized carbons (Fsp3) is 0.933. The number of nitrogens with one attached hydrogen (secondary N) is 1. The topological polar surface area (TPSA) is 58.4 Å². The molecule has 0 aromatic rings. The molecule has 0 bridgehead atoms. The fourth-order valence-corrected chi connectivity index (χ4v) is 3.00. The van der Waals surface area contributed by atoms with Crippen molar-refractivity contribution in [3.05, 3.63) is 0 Å². The molecule has 1 amide bonds. The van der Waals surface area contributed by atoms with Crippen LogP contribution in [0.3, 0.4) is 0 Å². The van der Waals surface area contributed by atoms with Crippen LogP contribution in [0, 0.1) is 0 Å². The predicted octanol–water partition coefficient (Wildman–Crippen LogP) is 1.88. The summed E-state index contributed by atoms with van der Waals surface area (Å²) in [6.45, 7) is 6.48. The molecule has 3 N–H and O–H groups in total. The van der Waals surface area contributed by atoms with Gasteiger partial charge in [-0.1, -0.05) is 19.8 Å². The van der Waals surface area contributed by atoms with Gasteiger partial charge in [-0.05, 0) is 59.2 Å². The molecule has 0 spiro atoms. The maximum Gasteiger partial charge on any atom is 0.237 e. The van der Waals surface area contributed by atoms with Crippen LogP contribution in [-0.2, 0) is 4.79 Å². The molecule has 1 aliphatic heterocycles. The minimum absolute atomic E-state index is 0.252. The van der Waals surface area contributed by atoms with Crippen molar-refractivity contribution in [2.75, 3.05) is 20.1 Å². The number of nitrogens with zero attached hydrogens (tertiary/aromatic N) is 1. The SMILES string of the molecule is CCC1CCCCCN1CCCC(C)(NC)C(N)=O. The van der Waals surface area contributed by atoms with Gasteiger partial charge in [0.15, 0.2) is 0 Å². The number of carbonyl (C=O) groups excluding carboxylic acids is 1. The summed E-state index contributed by atoms with van der Waals surface area (Å²) in [6.07, 6.45) is 8.44. The Kier molecular flexibility index (Phi) is 6.80. The van der Waals surface area contributed by atoms with Crippen molar-refractivity contribution in [1.82, 2.24) is 10.2 Å². The number of hydrogen-bond acceptors (Lipinski definition) is 3. The van der Waals surface area contributed by atoms with Gasteiger partial charge in [-0.15, -0.1) is 0 Å². The Labute approximate surface area is 118 Å². The van der Waals surface area contributed by atoms with Gasteiger partial charge >= 0.3 is 0 Å². The molecule has 0 aromatic carbocycles. The van der Waals surface area contributed by atoms with Crippen LogP contribution < -0.4 is 11.1 Å². The molecular formula is C15H31N3O. The third-order valence-electron chi connectivity index (χ3n) is 4.69. The summed E-state index contributed by atoms with van der Waals surface area (Å²) in [4.78, 5) is 14.1. The van der Waals surface area contributed by atoms with Crippen LogP contribution in [0.5, 0.6) is 0 Å². The smallest absolute Gasteiger partial charge is 0.237 e. The molecule has 4 heteroatoms. The van der Waals surface area contributed by atoms with Crippen molar-refractivity contribution in [3.8, 4) is 0 Å². The summed E-state index contributed by atoms with van der Waals surface area (Å²) in [5.41, 5.74) is 4.90. The van der Waals surface area contributed by atoms with E-state index in [1.807, 2.05) is 14.0 Å². The Bertz CT molecular complexity index is 283. The number of likely N-dealkylation sites (tertiary alicyclic amines) is 1. The summed E-state index contributed by atoms with van der Waals surface area (Å²) in [5.74, 6) is -0.252. The van der Waals surface area contributed by atoms with Crippen LogP contribution in [0.2, 0.25) is 0 Å². The molecule has 0 aromatic heterocycles. The van der Waals surface area contributed by atoms with Gasteiger partial charge in [0.2, 0.25) is 5.91 Å². The molecule has 2 unspecified atom stereocenters. The van der Waals surface area contributed by atoms with Gasteiger partial charge in [0, 0.05) is 6.04 Å². The number of likely N-dealkylation sites (N-methyl/N-ethyl adjacent to an activating group) is 1. The Hall–Kier alpha value is -0.610. The van der Waals surface area contributed by atoms with E-state index in [0.717, 1.165) is 25.4 Å². The molecule has 1 fully saturated rings. The monoisotopic (exact) mass is 269 g/mol. The first-order valence-corrected chi connectivity index (χ1v) is 7.76. The second kappa shape index (κ2) is 7.85. The van der Waals surface area contributed by atoms with E-state index in [-0.39, 0.29) is 5.91 Å². The summed E-state index contributed by atoms with van der Waals surface area (Å²) in [5, 5.41) is 3.06. The van der Waals surface area contributed by atoms with E-state index in [0.29, 0.717) is 0 Å². The van der Waals surface area contributed by atoms with Crippen molar-refractivity contribution in [2.24, 2.45) is 5.73 Å². The zero-order valence-corrected chi connectivity index (χ0v) is 12.9. The van der Waals surface area contributed by atoms with E-state index in [2.05, 4.69) is 17.1 Å². The highest BCUT2D eigenvalue weighted by atomic mass is 16.1. The Morgan fingerprint density at radius 1 is 1.42 bits per heavy atom. The lowest BCUT2D eigenvalue weighted by Crippen LogP contribution is -2.51. The second-order valence-corrected chi connectivity index (χ2v) is 6.00. The van der Waals surface area contributed by atoms with E-state index < -0.39 is 5.54 Å². The minimum Gasteiger partial charge on any atom is -0.368 e. The van der Waals surface area contributed by atoms with Crippen molar-refractivity contribution in [1.29, 1.82) is 0 Å². The molecule has 1 rings (SSSR count). The molecule has 112 valence electrons. The molecule has 19 heavy (non-hydrogen) atoms. The first-order chi connectivity index (χ1) is 9.03. The lowest BCUT2D eigenvalue weighted by Gasteiger charge is -2.31. The van der Waals surface area contributed by atoms with E-state index in [4.69, 9.17) is 5.73 Å². The van der Waals surface area contributed by atoms with Crippen LogP contribution in [0.15, 0.2) is 0 Å². The Morgan fingerprint density at radius 3 is 2.74 bits per heavy atom. The number of hydrogen-bond donors (Lipinski definition) is 2. The highest BCUT2D eigenvalue weighted by Crippen LogP contribution is 2.20. The highest BCUT2D eigenvalue weighted by Gasteiger charge is 2.29. The normalized spacial score (nSPS) is 24.7. The van der Waals surface area contributed by atoms with E-state index in [1.54, 1.807) is 0 Å². The molecule has 0 radical (unpaired) electrons. The third kappa shape index (κ3) is 4.77. The van der Waals surface area contributed by atoms with Crippen LogP contribution in [0.1, 0.15) is 58.8 Å². The van der Waals surface area contributed by atoms with Crippen LogP contribution >= 0.6 is 0 Å². The summed E-state index contributed by atoms with van der Waals surface area (Å²) in [7, 11) is 1.81. The first-order valence-electron chi connectivity index (χ1n) is 7.76. The van der Waals surface area contributed by atoms with Crippen LogP contribution in [0.25, 0.3) is 0 Å². The molecule has 1 aliphatic rings. The van der Waals surface area contributed by atoms with E-state index in [9.17, 15) is 4.79 Å². The second-order valence-electron chi connectivity index (χ2n) is 6.00. The lowest BCUT2D eigenvalue weighted by molar-refractivity contribution is -0.123. The van der Waals surface area contributed by atoms with Crippen LogP contribution in [0.4, 0.5) is 0 Å². The van der Waals surface area contributed by atoms with Crippen molar-refractivity contribution >= 4 is 5.91 Å². The summed E-state index contributed by atoms with van der Waals surface area (Å²) in [6, 6.07) is 0.733. The van der Waals surface area contributed by atoms with Crippen molar-refractivity contribution in [3.63, 3.8) is 0 Å². The number of carbonyl (C=O) groups is 1. The Morgan fingerprint density at radius 2 is 2.16 bits per heavy atom. The molecular weight excluding hydrogens is 238 g/mol. The number of primary amides is 1. The average molecular weight is 269 g/mol. The maximum atomic E-state index is 11.5. The van der Waals surface area contributed by atoms with Gasteiger partial charge in [-0.2, -0.15) is 0 Å². The predicted molar refractivity (Wildman–Crippen MR) is 80.0 cm³/mol. The van der Waals surface area contributed by atoms with Gasteiger partial charge in [0.1, 0.15) is 0 Å². The standard InChI is InChI=1S/C15H31N3O/c1-4-13-9-6-5-7-11-18(13)12-8-10-15(2,17-3)14(16)19/h13,17H,4-12H2,1-3H3,(H2,16,19). The van der Waals surface area contributed by atoms with Gasteiger partial charge in [0.05, 0.1) is 5.54 Å². The Balaban J connectivity index is 2.43. The number of rotatable bonds is 7. The molecule has 0 saturated carbocycles. The highest BCUT2D eigenvalue weighted by molar-refractivity contribution is 5.84. The van der Waals surface area contributed by atoms with Gasteiger partial charge in [-0.25, -0.2) is 0 Å². The first kappa shape index (κ1) is 16.4. The van der Waals surface area contributed by atoms with Gasteiger partial charge < -0.3 is 16.0 Å². The minimum atomic E-state index is -0.562. The summed E-state index contributed by atoms with van der Waals surface area (Å²) >= 11 is 0. The molecule has 2 atom stereocenters. The quantitative estimate of drug-likeness (QED) is 0.742. The lowest BCUT2D eigenvalue weighted by atomic mass is 9.95. The number of nitrogens with two attached hydrogens (primary N) is 1. The molecule has 4 nitrogen and oxygen atoms in total. The maximum absolute atomic E-state index is 11.5. The van der Waals surface area contributed by atoms with E-state index in [1.165, 1.54) is 38.6 Å². The zero-order chi connectivity index (χ0) is 14.3. The van der Waals surface area contributed by atoms with Crippen LogP contribution in [-0.4, -0.2) is 42.5 Å².